The average molecular weight is 513 g/mol. The molecular formula is C27H28O10. The number of ether oxygens (including phenoxy) is 6. The zero-order valence-electron chi connectivity index (χ0n) is 20.5. The van der Waals surface area contributed by atoms with Crippen molar-refractivity contribution in [3.63, 3.8) is 0 Å². The number of phenolic OH excluding ortho intramolecular Hbond substituents is 2. The smallest absolute Gasteiger partial charge is 0.203 e. The second kappa shape index (κ2) is 9.79. The Bertz CT molecular complexity index is 1310. The zero-order chi connectivity index (χ0) is 26.3. The molecule has 3 aromatic carbocycles. The lowest BCUT2D eigenvalue weighted by Crippen LogP contribution is -2.36. The summed E-state index contributed by atoms with van der Waals surface area (Å²) < 4.78 is 34.2. The lowest BCUT2D eigenvalue weighted by atomic mass is 9.93. The molecule has 0 aromatic heterocycles. The predicted octanol–water partition coefficient (Wildman–Crippen LogP) is 3.03. The van der Waals surface area contributed by atoms with Crippen LogP contribution < -0.4 is 28.4 Å². The highest BCUT2D eigenvalue weighted by molar-refractivity contribution is 5.57. The quantitative estimate of drug-likeness (QED) is 0.390. The second-order valence-electron chi connectivity index (χ2n) is 8.79. The molecule has 3 aromatic rings. The molecule has 0 radical (unpaired) electrons. The van der Waals surface area contributed by atoms with E-state index in [1.54, 1.807) is 30.3 Å². The van der Waals surface area contributed by atoms with Crippen LogP contribution in [-0.2, 0) is 6.42 Å². The van der Waals surface area contributed by atoms with E-state index in [4.69, 9.17) is 28.4 Å². The van der Waals surface area contributed by atoms with E-state index in [9.17, 15) is 20.4 Å². The van der Waals surface area contributed by atoms with Crippen molar-refractivity contribution in [1.82, 2.24) is 0 Å². The maximum absolute atomic E-state index is 11.0. The summed E-state index contributed by atoms with van der Waals surface area (Å²) >= 11 is 0. The van der Waals surface area contributed by atoms with Gasteiger partial charge in [0, 0.05) is 35.2 Å². The third-order valence-electron chi connectivity index (χ3n) is 6.57. The molecule has 0 amide bonds. The highest BCUT2D eigenvalue weighted by Crippen LogP contribution is 2.49. The molecule has 10 heteroatoms. The van der Waals surface area contributed by atoms with Crippen LogP contribution in [0.25, 0.3) is 0 Å². The predicted molar refractivity (Wildman–Crippen MR) is 130 cm³/mol. The van der Waals surface area contributed by atoms with Crippen molar-refractivity contribution >= 4 is 0 Å². The molecule has 2 aliphatic heterocycles. The number of aliphatic hydroxyl groups excluding tert-OH is 2. The molecule has 4 N–H and O–H groups in total. The van der Waals surface area contributed by atoms with Crippen molar-refractivity contribution in [2.24, 2.45) is 0 Å². The SMILES string of the molecule is COc1cc(OC)c2c(c1)OC(c1cc(O)c3c(c1)OC(c1ccc(O)c(OC)c1)C(CO)O3)C(O)C2. The number of fused-ring (bicyclic) bond motifs is 2. The first-order valence-electron chi connectivity index (χ1n) is 11.6. The van der Waals surface area contributed by atoms with Gasteiger partial charge in [-0.2, -0.15) is 0 Å². The molecule has 2 heterocycles. The highest BCUT2D eigenvalue weighted by atomic mass is 16.6. The Kier molecular flexibility index (Phi) is 6.53. The summed E-state index contributed by atoms with van der Waals surface area (Å²) in [4.78, 5) is 0. The van der Waals surface area contributed by atoms with Gasteiger partial charge in [-0.05, 0) is 24.3 Å². The molecule has 4 unspecified atom stereocenters. The number of hydrogen-bond donors (Lipinski definition) is 4. The second-order valence-corrected chi connectivity index (χ2v) is 8.79. The molecule has 10 nitrogen and oxygen atoms in total. The number of rotatable bonds is 6. The van der Waals surface area contributed by atoms with Crippen LogP contribution in [0, 0.1) is 0 Å². The van der Waals surface area contributed by atoms with Crippen LogP contribution in [0.5, 0.6) is 46.0 Å². The van der Waals surface area contributed by atoms with E-state index in [1.165, 1.54) is 33.5 Å². The number of aromatic hydroxyl groups is 2. The fourth-order valence-electron chi connectivity index (χ4n) is 4.71. The summed E-state index contributed by atoms with van der Waals surface area (Å²) in [5, 5.41) is 41.7. The molecule has 0 fully saturated rings. The molecule has 0 saturated carbocycles. The fraction of sp³-hybridized carbons (Fsp3) is 0.333. The van der Waals surface area contributed by atoms with Crippen molar-refractivity contribution in [3.8, 4) is 46.0 Å². The summed E-state index contributed by atoms with van der Waals surface area (Å²) in [5.74, 6) is 1.83. The lowest BCUT2D eigenvalue weighted by molar-refractivity contribution is -0.0151. The van der Waals surface area contributed by atoms with Gasteiger partial charge in [-0.25, -0.2) is 0 Å². The van der Waals surface area contributed by atoms with Crippen LogP contribution in [0.4, 0.5) is 0 Å². The van der Waals surface area contributed by atoms with E-state index in [-0.39, 0.29) is 41.8 Å². The van der Waals surface area contributed by atoms with Crippen LogP contribution in [0.2, 0.25) is 0 Å². The number of benzene rings is 3. The van der Waals surface area contributed by atoms with E-state index in [0.717, 1.165) is 0 Å². The maximum atomic E-state index is 11.0. The number of phenols is 2. The third kappa shape index (κ3) is 4.38. The first-order valence-corrected chi connectivity index (χ1v) is 11.6. The van der Waals surface area contributed by atoms with Gasteiger partial charge in [0.25, 0.3) is 0 Å². The van der Waals surface area contributed by atoms with Crippen molar-refractivity contribution in [2.75, 3.05) is 27.9 Å². The molecular weight excluding hydrogens is 484 g/mol. The normalized spacial score (nSPS) is 22.0. The highest BCUT2D eigenvalue weighted by Gasteiger charge is 2.38. The van der Waals surface area contributed by atoms with E-state index in [0.29, 0.717) is 33.9 Å². The Morgan fingerprint density at radius 3 is 2.24 bits per heavy atom. The summed E-state index contributed by atoms with van der Waals surface area (Å²) in [6.07, 6.45) is -3.12. The van der Waals surface area contributed by atoms with Crippen LogP contribution >= 0.6 is 0 Å². The van der Waals surface area contributed by atoms with E-state index in [2.05, 4.69) is 0 Å². The fourth-order valence-corrected chi connectivity index (χ4v) is 4.71. The van der Waals surface area contributed by atoms with Crippen molar-refractivity contribution < 1.29 is 48.8 Å². The zero-order valence-corrected chi connectivity index (χ0v) is 20.5. The van der Waals surface area contributed by atoms with Gasteiger partial charge in [-0.3, -0.25) is 0 Å². The first kappa shape index (κ1) is 24.7. The van der Waals surface area contributed by atoms with Gasteiger partial charge >= 0.3 is 0 Å². The van der Waals surface area contributed by atoms with E-state index < -0.39 is 24.4 Å². The average Bonchev–Trinajstić information content (AvgIpc) is 2.91. The molecule has 5 rings (SSSR count). The van der Waals surface area contributed by atoms with Crippen molar-refractivity contribution in [2.45, 2.75) is 30.8 Å². The first-order chi connectivity index (χ1) is 17.9. The number of hydrogen-bond acceptors (Lipinski definition) is 10. The Morgan fingerprint density at radius 2 is 1.54 bits per heavy atom. The third-order valence-corrected chi connectivity index (χ3v) is 6.57. The molecule has 0 aliphatic carbocycles. The van der Waals surface area contributed by atoms with Crippen LogP contribution in [-0.4, -0.2) is 60.6 Å². The van der Waals surface area contributed by atoms with Gasteiger partial charge in [-0.1, -0.05) is 6.07 Å². The molecule has 0 bridgehead atoms. The van der Waals surface area contributed by atoms with Gasteiger partial charge in [0.1, 0.15) is 17.2 Å². The minimum absolute atomic E-state index is 0.0409. The van der Waals surface area contributed by atoms with Crippen LogP contribution in [0.3, 0.4) is 0 Å². The molecule has 196 valence electrons. The Balaban J connectivity index is 1.50. The van der Waals surface area contributed by atoms with Crippen LogP contribution in [0.15, 0.2) is 42.5 Å². The maximum Gasteiger partial charge on any atom is 0.203 e. The standard InChI is InChI=1S/C27H28O10/c1-32-15-9-20(33-2)16-11-19(31)25(35-21(16)10-15)14-6-18(30)27-23(8-14)36-26(24(12-28)37-27)13-4-5-17(29)22(7-13)34-3/h4-10,19,24-26,28-31H,11-12H2,1-3H3. The van der Waals surface area contributed by atoms with Gasteiger partial charge in [-0.15, -0.1) is 0 Å². The minimum atomic E-state index is -0.945. The van der Waals surface area contributed by atoms with E-state index >= 15 is 0 Å². The molecule has 0 spiro atoms. The molecule has 4 atom stereocenters. The monoisotopic (exact) mass is 512 g/mol. The van der Waals surface area contributed by atoms with Gasteiger partial charge in [0.15, 0.2) is 41.3 Å². The Labute approximate surface area is 213 Å². The minimum Gasteiger partial charge on any atom is -0.504 e. The largest absolute Gasteiger partial charge is 0.504 e. The molecule has 37 heavy (non-hydrogen) atoms. The number of aliphatic hydroxyl groups is 2. The Morgan fingerprint density at radius 1 is 0.784 bits per heavy atom. The molecule has 0 saturated heterocycles. The van der Waals surface area contributed by atoms with Crippen molar-refractivity contribution in [1.29, 1.82) is 0 Å². The summed E-state index contributed by atoms with van der Waals surface area (Å²) in [7, 11) is 4.50. The van der Waals surface area contributed by atoms with Crippen LogP contribution in [0.1, 0.15) is 28.9 Å². The van der Waals surface area contributed by atoms with Gasteiger partial charge < -0.3 is 48.8 Å². The van der Waals surface area contributed by atoms with Gasteiger partial charge in [0.2, 0.25) is 5.75 Å². The molecule has 2 aliphatic rings. The number of methoxy groups -OCH3 is 3. The lowest BCUT2D eigenvalue weighted by Gasteiger charge is -2.35. The van der Waals surface area contributed by atoms with E-state index in [1.807, 2.05) is 0 Å². The topological polar surface area (TPSA) is 136 Å². The van der Waals surface area contributed by atoms with Crippen molar-refractivity contribution in [3.05, 3.63) is 59.2 Å². The summed E-state index contributed by atoms with van der Waals surface area (Å²) in [6, 6.07) is 11.2. The van der Waals surface area contributed by atoms with Gasteiger partial charge in [0.05, 0.1) is 34.0 Å². The summed E-state index contributed by atoms with van der Waals surface area (Å²) in [5.41, 5.74) is 1.76. The Hall–Kier alpha value is -4.02. The summed E-state index contributed by atoms with van der Waals surface area (Å²) in [6.45, 7) is -0.389.